The third-order valence-corrected chi connectivity index (χ3v) is 3.78. The highest BCUT2D eigenvalue weighted by Crippen LogP contribution is 2.47. The van der Waals surface area contributed by atoms with Gasteiger partial charge in [0.2, 0.25) is 0 Å². The van der Waals surface area contributed by atoms with Crippen molar-refractivity contribution in [3.8, 4) is 0 Å². The number of aromatic nitrogens is 1. The molecule has 2 nitrogen and oxygen atoms in total. The van der Waals surface area contributed by atoms with E-state index >= 15 is 0 Å². The molecule has 1 aromatic heterocycles. The van der Waals surface area contributed by atoms with Crippen LogP contribution < -0.4 is 5.73 Å². The molecule has 0 radical (unpaired) electrons. The molecular formula is C13H13F3N2. The van der Waals surface area contributed by atoms with Gasteiger partial charge in [-0.15, -0.1) is 0 Å². The monoisotopic (exact) mass is 254 g/mol. The van der Waals surface area contributed by atoms with Crippen LogP contribution >= 0.6 is 0 Å². The van der Waals surface area contributed by atoms with Crippen molar-refractivity contribution in [2.75, 3.05) is 6.54 Å². The Kier molecular flexibility index (Phi) is 2.26. The third-order valence-electron chi connectivity index (χ3n) is 3.78. The molecule has 1 aliphatic carbocycles. The van der Waals surface area contributed by atoms with Gasteiger partial charge in [-0.2, -0.15) is 13.2 Å². The van der Waals surface area contributed by atoms with E-state index in [-0.39, 0.29) is 5.41 Å². The maximum Gasteiger partial charge on any atom is 0.431 e. The highest BCUT2D eigenvalue weighted by Gasteiger charge is 2.43. The lowest BCUT2D eigenvalue weighted by atomic mass is 9.95. The van der Waals surface area contributed by atoms with Crippen LogP contribution in [0.25, 0.3) is 10.9 Å². The fourth-order valence-corrected chi connectivity index (χ4v) is 2.38. The van der Waals surface area contributed by atoms with Crippen LogP contribution in [0.5, 0.6) is 0 Å². The van der Waals surface area contributed by atoms with Crippen LogP contribution in [-0.2, 0) is 11.6 Å². The average molecular weight is 254 g/mol. The van der Waals surface area contributed by atoms with Crippen molar-refractivity contribution in [3.63, 3.8) is 0 Å². The molecule has 0 amide bonds. The Balaban J connectivity index is 2.08. The van der Waals surface area contributed by atoms with Crippen molar-refractivity contribution in [2.24, 2.45) is 5.73 Å². The number of fused-ring (bicyclic) bond motifs is 1. The number of hydrogen-bond donors (Lipinski definition) is 2. The number of halogens is 3. The Morgan fingerprint density at radius 1 is 1.22 bits per heavy atom. The van der Waals surface area contributed by atoms with Gasteiger partial charge in [-0.1, -0.05) is 6.07 Å². The second-order valence-corrected chi connectivity index (χ2v) is 4.97. The Morgan fingerprint density at radius 2 is 1.94 bits per heavy atom. The van der Waals surface area contributed by atoms with Crippen molar-refractivity contribution >= 4 is 10.9 Å². The zero-order chi connectivity index (χ0) is 13.0. The van der Waals surface area contributed by atoms with Crippen LogP contribution in [-0.4, -0.2) is 11.5 Å². The molecule has 1 saturated carbocycles. The summed E-state index contributed by atoms with van der Waals surface area (Å²) in [4.78, 5) is 2.40. The predicted octanol–water partition coefficient (Wildman–Crippen LogP) is 3.18. The first kappa shape index (κ1) is 11.6. The van der Waals surface area contributed by atoms with Gasteiger partial charge in [0.15, 0.2) is 0 Å². The number of benzene rings is 1. The van der Waals surface area contributed by atoms with Gasteiger partial charge in [-0.3, -0.25) is 0 Å². The standard InChI is InChI=1S/C13H13F3N2/c14-13(15,16)11-6-8-5-9(1-2-10(8)18-11)12(7-17)3-4-12/h1-2,5-6,18H,3-4,7,17H2. The fraction of sp³-hybridized carbons (Fsp3) is 0.385. The molecule has 0 bridgehead atoms. The van der Waals surface area contributed by atoms with E-state index in [4.69, 9.17) is 5.73 Å². The Morgan fingerprint density at radius 3 is 2.50 bits per heavy atom. The number of rotatable bonds is 2. The van der Waals surface area contributed by atoms with Gasteiger partial charge >= 0.3 is 6.18 Å². The summed E-state index contributed by atoms with van der Waals surface area (Å²) in [5.74, 6) is 0. The normalized spacial score (nSPS) is 18.2. The van der Waals surface area contributed by atoms with E-state index in [1.165, 1.54) is 0 Å². The van der Waals surface area contributed by atoms with Crippen LogP contribution in [0.2, 0.25) is 0 Å². The van der Waals surface area contributed by atoms with E-state index in [2.05, 4.69) is 4.98 Å². The molecule has 0 unspecified atom stereocenters. The number of H-pyrrole nitrogens is 1. The van der Waals surface area contributed by atoms with Crippen molar-refractivity contribution < 1.29 is 13.2 Å². The molecule has 3 N–H and O–H groups in total. The van der Waals surface area contributed by atoms with Crippen molar-refractivity contribution in [1.29, 1.82) is 0 Å². The lowest BCUT2D eigenvalue weighted by Crippen LogP contribution is -2.19. The molecule has 0 aliphatic heterocycles. The number of hydrogen-bond acceptors (Lipinski definition) is 1. The van der Waals surface area contributed by atoms with Crippen LogP contribution in [0.4, 0.5) is 13.2 Å². The van der Waals surface area contributed by atoms with Gasteiger partial charge in [-0.25, -0.2) is 0 Å². The lowest BCUT2D eigenvalue weighted by Gasteiger charge is -2.12. The summed E-state index contributed by atoms with van der Waals surface area (Å²) in [6.07, 6.45) is -2.29. The van der Waals surface area contributed by atoms with Crippen LogP contribution in [0, 0.1) is 0 Å². The smallest absolute Gasteiger partial charge is 0.351 e. The molecule has 0 saturated heterocycles. The minimum atomic E-state index is -4.33. The molecule has 2 aromatic rings. The lowest BCUT2D eigenvalue weighted by molar-refractivity contribution is -0.140. The maximum atomic E-state index is 12.6. The molecule has 0 atom stereocenters. The molecule has 1 aromatic carbocycles. The quantitative estimate of drug-likeness (QED) is 0.849. The van der Waals surface area contributed by atoms with E-state index in [0.29, 0.717) is 17.4 Å². The van der Waals surface area contributed by atoms with E-state index < -0.39 is 11.9 Å². The average Bonchev–Trinajstić information content (AvgIpc) is 2.99. The zero-order valence-corrected chi connectivity index (χ0v) is 9.64. The summed E-state index contributed by atoms with van der Waals surface area (Å²) in [5, 5.41) is 0.597. The molecule has 18 heavy (non-hydrogen) atoms. The first-order chi connectivity index (χ1) is 8.44. The van der Waals surface area contributed by atoms with E-state index in [9.17, 15) is 13.2 Å². The zero-order valence-electron chi connectivity index (χ0n) is 9.64. The molecule has 3 rings (SSSR count). The highest BCUT2D eigenvalue weighted by molar-refractivity contribution is 5.81. The van der Waals surface area contributed by atoms with Crippen LogP contribution in [0.3, 0.4) is 0 Å². The number of aromatic amines is 1. The largest absolute Gasteiger partial charge is 0.431 e. The topological polar surface area (TPSA) is 41.8 Å². The molecule has 1 aliphatic rings. The van der Waals surface area contributed by atoms with E-state index in [1.54, 1.807) is 6.07 Å². The van der Waals surface area contributed by atoms with E-state index in [1.807, 2.05) is 12.1 Å². The highest BCUT2D eigenvalue weighted by atomic mass is 19.4. The Labute approximate surface area is 102 Å². The van der Waals surface area contributed by atoms with Crippen LogP contribution in [0.1, 0.15) is 24.1 Å². The fourth-order valence-electron chi connectivity index (χ4n) is 2.38. The number of nitrogens with one attached hydrogen (secondary N) is 1. The molecule has 5 heteroatoms. The van der Waals surface area contributed by atoms with Gasteiger partial charge in [0, 0.05) is 22.9 Å². The summed E-state index contributed by atoms with van der Waals surface area (Å²) in [6.45, 7) is 0.551. The predicted molar refractivity (Wildman–Crippen MR) is 63.3 cm³/mol. The number of alkyl halides is 3. The minimum absolute atomic E-state index is 0.00383. The van der Waals surface area contributed by atoms with Crippen molar-refractivity contribution in [3.05, 3.63) is 35.5 Å². The van der Waals surface area contributed by atoms with Gasteiger partial charge in [-0.05, 0) is 36.6 Å². The summed E-state index contributed by atoms with van der Waals surface area (Å²) in [7, 11) is 0. The van der Waals surface area contributed by atoms with E-state index in [0.717, 1.165) is 24.5 Å². The molecule has 96 valence electrons. The van der Waals surface area contributed by atoms with Crippen molar-refractivity contribution in [2.45, 2.75) is 24.4 Å². The summed E-state index contributed by atoms with van der Waals surface area (Å²) < 4.78 is 37.8. The van der Waals surface area contributed by atoms with Gasteiger partial charge in [0.25, 0.3) is 0 Å². The molecule has 0 spiro atoms. The second-order valence-electron chi connectivity index (χ2n) is 4.97. The Bertz CT molecular complexity index is 594. The number of nitrogens with two attached hydrogens (primary N) is 1. The summed E-state index contributed by atoms with van der Waals surface area (Å²) in [5.41, 5.74) is 6.59. The Hall–Kier alpha value is -1.49. The third kappa shape index (κ3) is 1.70. The van der Waals surface area contributed by atoms with Crippen molar-refractivity contribution in [1.82, 2.24) is 4.98 Å². The summed E-state index contributed by atoms with van der Waals surface area (Å²) >= 11 is 0. The van der Waals surface area contributed by atoms with Gasteiger partial charge < -0.3 is 10.7 Å². The summed E-state index contributed by atoms with van der Waals surface area (Å²) in [6, 6.07) is 6.56. The minimum Gasteiger partial charge on any atom is -0.351 e. The first-order valence-electron chi connectivity index (χ1n) is 5.85. The molecule has 1 heterocycles. The van der Waals surface area contributed by atoms with Gasteiger partial charge in [0.05, 0.1) is 0 Å². The second kappa shape index (κ2) is 3.51. The SMILES string of the molecule is NCC1(c2ccc3[nH]c(C(F)(F)F)cc3c2)CC1. The molecule has 1 fully saturated rings. The first-order valence-corrected chi connectivity index (χ1v) is 5.85. The molecular weight excluding hydrogens is 241 g/mol. The van der Waals surface area contributed by atoms with Gasteiger partial charge in [0.1, 0.15) is 5.69 Å². The maximum absolute atomic E-state index is 12.6. The van der Waals surface area contributed by atoms with Crippen LogP contribution in [0.15, 0.2) is 24.3 Å².